The van der Waals surface area contributed by atoms with E-state index in [-0.39, 0.29) is 23.0 Å². The van der Waals surface area contributed by atoms with Crippen LogP contribution in [-0.4, -0.2) is 44.2 Å². The number of amides is 1. The Morgan fingerprint density at radius 3 is 2.63 bits per heavy atom. The van der Waals surface area contributed by atoms with Crippen LogP contribution < -0.4 is 9.62 Å². The molecule has 152 valence electrons. The molecule has 1 saturated carbocycles. The SMILES string of the molecule is CC[C@@H](C(=O)NCCSC1CCCC1)N(c1ccc(F)c(Cl)c1)S(C)(=O)=O. The molecule has 0 bridgehead atoms. The zero-order valence-electron chi connectivity index (χ0n) is 15.6. The number of nitrogens with zero attached hydrogens (tertiary/aromatic N) is 1. The molecule has 27 heavy (non-hydrogen) atoms. The van der Waals surface area contributed by atoms with Crippen LogP contribution in [0.2, 0.25) is 5.02 Å². The number of carbonyl (C=O) groups excluding carboxylic acids is 1. The molecule has 9 heteroatoms. The minimum absolute atomic E-state index is 0.172. The molecule has 0 radical (unpaired) electrons. The Labute approximate surface area is 170 Å². The number of anilines is 1. The Morgan fingerprint density at radius 2 is 2.07 bits per heavy atom. The lowest BCUT2D eigenvalue weighted by molar-refractivity contribution is -0.122. The minimum Gasteiger partial charge on any atom is -0.353 e. The van der Waals surface area contributed by atoms with Crippen molar-refractivity contribution in [3.63, 3.8) is 0 Å². The molecule has 1 fully saturated rings. The number of thioether (sulfide) groups is 1. The van der Waals surface area contributed by atoms with E-state index < -0.39 is 21.9 Å². The third-order valence-electron chi connectivity index (χ3n) is 4.54. The molecule has 1 aliphatic carbocycles. The highest BCUT2D eigenvalue weighted by atomic mass is 35.5. The average Bonchev–Trinajstić information content (AvgIpc) is 3.11. The lowest BCUT2D eigenvalue weighted by atomic mass is 10.2. The van der Waals surface area contributed by atoms with Crippen molar-refractivity contribution in [3.8, 4) is 0 Å². The number of carbonyl (C=O) groups is 1. The first-order valence-corrected chi connectivity index (χ1v) is 12.3. The maximum atomic E-state index is 13.5. The molecule has 0 aromatic heterocycles. The first kappa shape index (κ1) is 22.3. The summed E-state index contributed by atoms with van der Waals surface area (Å²) < 4.78 is 39.1. The van der Waals surface area contributed by atoms with Gasteiger partial charge in [-0.15, -0.1) is 0 Å². The second kappa shape index (κ2) is 9.98. The lowest BCUT2D eigenvalue weighted by Gasteiger charge is -2.30. The van der Waals surface area contributed by atoms with Gasteiger partial charge in [0.25, 0.3) is 0 Å². The molecule has 1 aromatic rings. The molecular weight excluding hydrogens is 411 g/mol. The van der Waals surface area contributed by atoms with Crippen LogP contribution >= 0.6 is 23.4 Å². The summed E-state index contributed by atoms with van der Waals surface area (Å²) in [5.74, 6) is -0.209. The van der Waals surface area contributed by atoms with Gasteiger partial charge < -0.3 is 5.32 Å². The smallest absolute Gasteiger partial charge is 0.243 e. The van der Waals surface area contributed by atoms with E-state index in [4.69, 9.17) is 11.6 Å². The molecule has 5 nitrogen and oxygen atoms in total. The van der Waals surface area contributed by atoms with Crippen molar-refractivity contribution < 1.29 is 17.6 Å². The van der Waals surface area contributed by atoms with Gasteiger partial charge in [0.05, 0.1) is 17.0 Å². The van der Waals surface area contributed by atoms with Gasteiger partial charge >= 0.3 is 0 Å². The molecule has 0 saturated heterocycles. The fourth-order valence-electron chi connectivity index (χ4n) is 3.26. The monoisotopic (exact) mass is 436 g/mol. The summed E-state index contributed by atoms with van der Waals surface area (Å²) in [6, 6.07) is 2.72. The highest BCUT2D eigenvalue weighted by Gasteiger charge is 2.31. The van der Waals surface area contributed by atoms with Crippen molar-refractivity contribution in [2.75, 3.05) is 22.9 Å². The first-order chi connectivity index (χ1) is 12.7. The van der Waals surface area contributed by atoms with E-state index >= 15 is 0 Å². The summed E-state index contributed by atoms with van der Waals surface area (Å²) >= 11 is 7.65. The molecule has 1 aliphatic rings. The van der Waals surface area contributed by atoms with Gasteiger partial charge in [-0.1, -0.05) is 31.4 Å². The Balaban J connectivity index is 2.07. The van der Waals surface area contributed by atoms with Crippen LogP contribution in [0.25, 0.3) is 0 Å². The van der Waals surface area contributed by atoms with E-state index in [9.17, 15) is 17.6 Å². The third-order valence-corrected chi connectivity index (χ3v) is 7.40. The van der Waals surface area contributed by atoms with Crippen LogP contribution in [0.4, 0.5) is 10.1 Å². The molecule has 0 spiro atoms. The molecule has 1 atom stereocenters. The average molecular weight is 437 g/mol. The topological polar surface area (TPSA) is 66.5 Å². The van der Waals surface area contributed by atoms with Gasteiger partial charge in [-0.25, -0.2) is 12.8 Å². The van der Waals surface area contributed by atoms with Gasteiger partial charge in [0, 0.05) is 17.5 Å². The summed E-state index contributed by atoms with van der Waals surface area (Å²) in [6.45, 7) is 2.22. The van der Waals surface area contributed by atoms with E-state index in [1.807, 2.05) is 11.8 Å². The van der Waals surface area contributed by atoms with Gasteiger partial charge in [0.1, 0.15) is 11.9 Å². The Kier molecular flexibility index (Phi) is 8.24. The molecule has 2 rings (SSSR count). The maximum absolute atomic E-state index is 13.5. The number of benzene rings is 1. The largest absolute Gasteiger partial charge is 0.353 e. The minimum atomic E-state index is -3.76. The van der Waals surface area contributed by atoms with Crippen LogP contribution in [0.3, 0.4) is 0 Å². The normalized spacial score (nSPS) is 16.3. The number of halogens is 2. The van der Waals surface area contributed by atoms with Crippen molar-refractivity contribution in [2.24, 2.45) is 0 Å². The molecule has 1 amide bonds. The highest BCUT2D eigenvalue weighted by molar-refractivity contribution is 7.99. The van der Waals surface area contributed by atoms with Gasteiger partial charge in [-0.3, -0.25) is 9.10 Å². The quantitative estimate of drug-likeness (QED) is 0.597. The number of hydrogen-bond acceptors (Lipinski definition) is 4. The Morgan fingerprint density at radius 1 is 1.41 bits per heavy atom. The van der Waals surface area contributed by atoms with E-state index in [0.717, 1.165) is 22.4 Å². The summed E-state index contributed by atoms with van der Waals surface area (Å²) in [6.07, 6.45) is 6.30. The standard InChI is InChI=1S/C18H26ClFN2O3S2/c1-3-17(18(23)21-10-11-26-14-6-4-5-7-14)22(27(2,24)25)13-8-9-16(20)15(19)12-13/h8-9,12,14,17H,3-7,10-11H2,1-2H3,(H,21,23)/t17-/m0/s1. The maximum Gasteiger partial charge on any atom is 0.243 e. The van der Waals surface area contributed by atoms with E-state index in [1.165, 1.54) is 37.8 Å². The van der Waals surface area contributed by atoms with E-state index in [1.54, 1.807) is 6.92 Å². The van der Waals surface area contributed by atoms with Crippen molar-refractivity contribution >= 4 is 45.0 Å². The van der Waals surface area contributed by atoms with Crippen molar-refractivity contribution in [1.29, 1.82) is 0 Å². The van der Waals surface area contributed by atoms with Crippen LogP contribution in [0.5, 0.6) is 0 Å². The zero-order chi connectivity index (χ0) is 20.0. The Hall–Kier alpha value is -0.990. The van der Waals surface area contributed by atoms with Crippen LogP contribution in [0.15, 0.2) is 18.2 Å². The van der Waals surface area contributed by atoms with Crippen molar-refractivity contribution in [3.05, 3.63) is 29.0 Å². The van der Waals surface area contributed by atoms with Gasteiger partial charge in [0.15, 0.2) is 0 Å². The van der Waals surface area contributed by atoms with Crippen LogP contribution in [-0.2, 0) is 14.8 Å². The zero-order valence-corrected chi connectivity index (χ0v) is 18.0. The first-order valence-electron chi connectivity index (χ1n) is 9.07. The van der Waals surface area contributed by atoms with Crippen LogP contribution in [0.1, 0.15) is 39.0 Å². The summed E-state index contributed by atoms with van der Waals surface area (Å²) in [5.41, 5.74) is 0.172. The van der Waals surface area contributed by atoms with Crippen LogP contribution in [0, 0.1) is 5.82 Å². The molecular formula is C18H26ClFN2O3S2. The van der Waals surface area contributed by atoms with Gasteiger partial charge in [0.2, 0.25) is 15.9 Å². The summed E-state index contributed by atoms with van der Waals surface area (Å²) in [4.78, 5) is 12.7. The highest BCUT2D eigenvalue weighted by Crippen LogP contribution is 2.29. The molecule has 0 heterocycles. The second-order valence-corrected chi connectivity index (χ2v) is 10.3. The molecule has 0 aliphatic heterocycles. The predicted molar refractivity (Wildman–Crippen MR) is 111 cm³/mol. The summed E-state index contributed by atoms with van der Waals surface area (Å²) in [5, 5.41) is 3.31. The van der Waals surface area contributed by atoms with Crippen molar-refractivity contribution in [2.45, 2.75) is 50.3 Å². The second-order valence-electron chi connectivity index (χ2n) is 6.65. The van der Waals surface area contributed by atoms with Gasteiger partial charge in [-0.2, -0.15) is 11.8 Å². The lowest BCUT2D eigenvalue weighted by Crippen LogP contribution is -2.49. The van der Waals surface area contributed by atoms with Crippen molar-refractivity contribution in [1.82, 2.24) is 5.32 Å². The third kappa shape index (κ3) is 6.26. The molecule has 1 aromatic carbocycles. The number of sulfonamides is 1. The predicted octanol–water partition coefficient (Wildman–Crippen LogP) is 3.82. The fraction of sp³-hybridized carbons (Fsp3) is 0.611. The molecule has 0 unspecified atom stereocenters. The van der Waals surface area contributed by atoms with Gasteiger partial charge in [-0.05, 0) is 37.5 Å². The van der Waals surface area contributed by atoms with E-state index in [2.05, 4.69) is 5.32 Å². The fourth-order valence-corrected chi connectivity index (χ4v) is 5.85. The number of hydrogen-bond donors (Lipinski definition) is 1. The van der Waals surface area contributed by atoms with E-state index in [0.29, 0.717) is 11.8 Å². The number of rotatable bonds is 9. The summed E-state index contributed by atoms with van der Waals surface area (Å²) in [7, 11) is -3.76. The Bertz CT molecular complexity index is 755. The number of nitrogens with one attached hydrogen (secondary N) is 1. The molecule has 1 N–H and O–H groups in total.